The number of pyridine rings is 1. The maximum atomic E-state index is 4.42. The Bertz CT molecular complexity index is 311. The molecule has 2 atom stereocenters. The minimum Gasteiger partial charge on any atom is -0.355 e. The maximum Gasteiger partial charge on any atom is 0.128 e. The molecular formula is C12H17N3. The third-order valence-electron chi connectivity index (χ3n) is 3.57. The second-order valence-corrected chi connectivity index (χ2v) is 4.56. The number of fused-ring (bicyclic) bond motifs is 1. The van der Waals surface area contributed by atoms with Crippen molar-refractivity contribution in [2.24, 2.45) is 5.92 Å². The number of rotatable bonds is 1. The first-order valence-electron chi connectivity index (χ1n) is 5.83. The van der Waals surface area contributed by atoms with Gasteiger partial charge in [0.05, 0.1) is 0 Å². The lowest BCUT2D eigenvalue weighted by atomic mass is 9.94. The van der Waals surface area contributed by atoms with Gasteiger partial charge in [-0.25, -0.2) is 4.98 Å². The fraction of sp³-hybridized carbons (Fsp3) is 0.583. The van der Waals surface area contributed by atoms with Gasteiger partial charge in [0.1, 0.15) is 5.82 Å². The van der Waals surface area contributed by atoms with Crippen LogP contribution in [-0.2, 0) is 0 Å². The maximum absolute atomic E-state index is 4.42. The molecule has 80 valence electrons. The first-order valence-corrected chi connectivity index (χ1v) is 5.83. The van der Waals surface area contributed by atoms with Crippen molar-refractivity contribution >= 4 is 5.82 Å². The van der Waals surface area contributed by atoms with Crippen LogP contribution < -0.4 is 10.2 Å². The van der Waals surface area contributed by atoms with Crippen LogP contribution in [0.3, 0.4) is 0 Å². The van der Waals surface area contributed by atoms with Gasteiger partial charge in [-0.1, -0.05) is 6.07 Å². The molecular weight excluding hydrogens is 186 g/mol. The second-order valence-electron chi connectivity index (χ2n) is 4.56. The van der Waals surface area contributed by atoms with Crippen LogP contribution in [-0.4, -0.2) is 30.7 Å². The van der Waals surface area contributed by atoms with E-state index in [4.69, 9.17) is 0 Å². The molecule has 2 aliphatic rings. The zero-order chi connectivity index (χ0) is 10.1. The molecule has 1 N–H and O–H groups in total. The lowest BCUT2D eigenvalue weighted by Gasteiger charge is -2.24. The van der Waals surface area contributed by atoms with Crippen LogP contribution >= 0.6 is 0 Å². The molecule has 15 heavy (non-hydrogen) atoms. The largest absolute Gasteiger partial charge is 0.355 e. The Hall–Kier alpha value is -1.09. The number of anilines is 1. The van der Waals surface area contributed by atoms with Gasteiger partial charge in [0.25, 0.3) is 0 Å². The van der Waals surface area contributed by atoms with E-state index in [0.29, 0.717) is 6.04 Å². The lowest BCUT2D eigenvalue weighted by Crippen LogP contribution is -2.40. The predicted molar refractivity (Wildman–Crippen MR) is 61.0 cm³/mol. The van der Waals surface area contributed by atoms with E-state index in [1.165, 1.54) is 25.9 Å². The smallest absolute Gasteiger partial charge is 0.128 e. The van der Waals surface area contributed by atoms with Gasteiger partial charge in [-0.2, -0.15) is 0 Å². The van der Waals surface area contributed by atoms with Crippen LogP contribution in [0.4, 0.5) is 5.82 Å². The van der Waals surface area contributed by atoms with E-state index in [-0.39, 0.29) is 0 Å². The third-order valence-corrected chi connectivity index (χ3v) is 3.57. The summed E-state index contributed by atoms with van der Waals surface area (Å²) in [6, 6.07) is 6.85. The van der Waals surface area contributed by atoms with Crippen LogP contribution in [0.5, 0.6) is 0 Å². The van der Waals surface area contributed by atoms with Crippen LogP contribution in [0, 0.1) is 5.92 Å². The topological polar surface area (TPSA) is 28.2 Å². The molecule has 0 aliphatic carbocycles. The second kappa shape index (κ2) is 3.81. The van der Waals surface area contributed by atoms with Crippen molar-refractivity contribution in [2.75, 3.05) is 24.5 Å². The Morgan fingerprint density at radius 2 is 2.33 bits per heavy atom. The molecule has 2 aliphatic heterocycles. The van der Waals surface area contributed by atoms with Gasteiger partial charge in [0.2, 0.25) is 0 Å². The number of hydrogen-bond acceptors (Lipinski definition) is 3. The van der Waals surface area contributed by atoms with Crippen molar-refractivity contribution < 1.29 is 0 Å². The fourth-order valence-electron chi connectivity index (χ4n) is 2.77. The van der Waals surface area contributed by atoms with E-state index in [1.807, 2.05) is 12.3 Å². The molecule has 3 nitrogen and oxygen atoms in total. The average Bonchev–Trinajstić information content (AvgIpc) is 2.74. The molecule has 0 saturated carbocycles. The van der Waals surface area contributed by atoms with E-state index in [2.05, 4.69) is 27.3 Å². The number of nitrogens with zero attached hydrogens (tertiary/aromatic N) is 2. The van der Waals surface area contributed by atoms with Crippen molar-refractivity contribution in [1.29, 1.82) is 0 Å². The molecule has 3 rings (SSSR count). The first kappa shape index (κ1) is 9.16. The number of nitrogens with one attached hydrogen (secondary N) is 1. The van der Waals surface area contributed by atoms with Gasteiger partial charge >= 0.3 is 0 Å². The molecule has 0 aromatic carbocycles. The van der Waals surface area contributed by atoms with Crippen LogP contribution in [0.15, 0.2) is 24.4 Å². The standard InChI is InChI=1S/C12H17N3/c1-2-6-14-12(5-1)15-8-10-4-3-7-13-11(10)9-15/h1-2,5-6,10-11,13H,3-4,7-9H2/t10-,11+/m0/s1. The summed E-state index contributed by atoms with van der Waals surface area (Å²) in [5.41, 5.74) is 0. The number of hydrogen-bond donors (Lipinski definition) is 1. The van der Waals surface area contributed by atoms with E-state index in [1.54, 1.807) is 0 Å². The van der Waals surface area contributed by atoms with Crippen LogP contribution in [0.2, 0.25) is 0 Å². The molecule has 3 heterocycles. The highest BCUT2D eigenvalue weighted by molar-refractivity contribution is 5.40. The Morgan fingerprint density at radius 3 is 3.13 bits per heavy atom. The summed E-state index contributed by atoms with van der Waals surface area (Å²) in [5.74, 6) is 1.97. The van der Waals surface area contributed by atoms with Crippen LogP contribution in [0.1, 0.15) is 12.8 Å². The molecule has 0 amide bonds. The minimum absolute atomic E-state index is 0.695. The summed E-state index contributed by atoms with van der Waals surface area (Å²) in [6.45, 7) is 3.49. The van der Waals surface area contributed by atoms with Gasteiger partial charge in [0, 0.05) is 25.3 Å². The monoisotopic (exact) mass is 203 g/mol. The highest BCUT2D eigenvalue weighted by atomic mass is 15.2. The van der Waals surface area contributed by atoms with Gasteiger partial charge < -0.3 is 10.2 Å². The van der Waals surface area contributed by atoms with Gasteiger partial charge in [0.15, 0.2) is 0 Å². The van der Waals surface area contributed by atoms with E-state index < -0.39 is 0 Å². The van der Waals surface area contributed by atoms with Crippen molar-refractivity contribution in [2.45, 2.75) is 18.9 Å². The molecule has 0 spiro atoms. The highest BCUT2D eigenvalue weighted by Gasteiger charge is 2.34. The van der Waals surface area contributed by atoms with Crippen molar-refractivity contribution in [3.05, 3.63) is 24.4 Å². The lowest BCUT2D eigenvalue weighted by molar-refractivity contribution is 0.340. The molecule has 1 aromatic rings. The Labute approximate surface area is 90.5 Å². The van der Waals surface area contributed by atoms with Crippen molar-refractivity contribution in [3.63, 3.8) is 0 Å². The molecule has 1 aromatic heterocycles. The minimum atomic E-state index is 0.695. The quantitative estimate of drug-likeness (QED) is 0.745. The zero-order valence-corrected chi connectivity index (χ0v) is 8.89. The normalized spacial score (nSPS) is 30.3. The molecule has 0 radical (unpaired) electrons. The summed E-state index contributed by atoms with van der Waals surface area (Å²) in [7, 11) is 0. The van der Waals surface area contributed by atoms with Gasteiger partial charge in [-0.15, -0.1) is 0 Å². The average molecular weight is 203 g/mol. The summed E-state index contributed by atoms with van der Waals surface area (Å²) >= 11 is 0. The molecule has 0 bridgehead atoms. The fourth-order valence-corrected chi connectivity index (χ4v) is 2.77. The number of piperidine rings is 1. The summed E-state index contributed by atoms with van der Waals surface area (Å²) in [6.07, 6.45) is 4.59. The zero-order valence-electron chi connectivity index (χ0n) is 8.89. The van der Waals surface area contributed by atoms with Crippen molar-refractivity contribution in [3.8, 4) is 0 Å². The van der Waals surface area contributed by atoms with Crippen molar-refractivity contribution in [1.82, 2.24) is 10.3 Å². The Morgan fingerprint density at radius 1 is 1.33 bits per heavy atom. The predicted octanol–water partition coefficient (Wildman–Crippen LogP) is 1.27. The number of aromatic nitrogens is 1. The molecule has 3 heteroatoms. The van der Waals surface area contributed by atoms with Gasteiger partial charge in [-0.3, -0.25) is 0 Å². The van der Waals surface area contributed by atoms with E-state index in [0.717, 1.165) is 18.3 Å². The van der Waals surface area contributed by atoms with E-state index in [9.17, 15) is 0 Å². The summed E-state index contributed by atoms with van der Waals surface area (Å²) < 4.78 is 0. The summed E-state index contributed by atoms with van der Waals surface area (Å²) in [5, 5.41) is 3.61. The molecule has 2 saturated heterocycles. The third kappa shape index (κ3) is 1.72. The Balaban J connectivity index is 1.75. The highest BCUT2D eigenvalue weighted by Crippen LogP contribution is 2.27. The molecule has 2 fully saturated rings. The van der Waals surface area contributed by atoms with Gasteiger partial charge in [-0.05, 0) is 37.4 Å². The first-order chi connectivity index (χ1) is 7.43. The molecule has 0 unspecified atom stereocenters. The van der Waals surface area contributed by atoms with E-state index >= 15 is 0 Å². The SMILES string of the molecule is c1ccc(N2C[C@@H]3CCCN[C@@H]3C2)nc1. The summed E-state index contributed by atoms with van der Waals surface area (Å²) in [4.78, 5) is 6.83. The van der Waals surface area contributed by atoms with Crippen LogP contribution in [0.25, 0.3) is 0 Å². The Kier molecular flexibility index (Phi) is 2.33.